The van der Waals surface area contributed by atoms with Gasteiger partial charge in [0.15, 0.2) is 9.84 Å². The van der Waals surface area contributed by atoms with Gasteiger partial charge in [-0.2, -0.15) is 0 Å². The van der Waals surface area contributed by atoms with E-state index in [2.05, 4.69) is 40.5 Å². The van der Waals surface area contributed by atoms with E-state index >= 15 is 0 Å². The van der Waals surface area contributed by atoms with Gasteiger partial charge < -0.3 is 15.1 Å². The van der Waals surface area contributed by atoms with E-state index < -0.39 is 9.84 Å². The first-order valence-corrected chi connectivity index (χ1v) is 14.3. The van der Waals surface area contributed by atoms with Gasteiger partial charge in [-0.3, -0.25) is 4.79 Å². The Morgan fingerprint density at radius 1 is 0.941 bits per heavy atom. The number of nitrogens with one attached hydrogen (secondary N) is 1. The Bertz CT molecular complexity index is 1110. The topological polar surface area (TPSA) is 69.7 Å². The van der Waals surface area contributed by atoms with E-state index in [1.165, 1.54) is 11.8 Å². The highest BCUT2D eigenvalue weighted by atomic mass is 32.2. The van der Waals surface area contributed by atoms with Crippen molar-refractivity contribution in [3.63, 3.8) is 0 Å². The lowest BCUT2D eigenvalue weighted by atomic mass is 9.76. The zero-order chi connectivity index (χ0) is 23.8. The molecule has 0 aliphatic carbocycles. The maximum absolute atomic E-state index is 13.4. The van der Waals surface area contributed by atoms with Crippen molar-refractivity contribution in [1.82, 2.24) is 15.1 Å². The third kappa shape index (κ3) is 4.79. The molecule has 1 spiro atoms. The average Bonchev–Trinajstić information content (AvgIpc) is 3.41. The fraction of sp³-hybridized carbons (Fsp3) is 0.519. The molecule has 1 N–H and O–H groups in total. The second kappa shape index (κ2) is 9.44. The number of nitrogens with zero attached hydrogens (tertiary/aromatic N) is 2. The van der Waals surface area contributed by atoms with Gasteiger partial charge in [0.05, 0.1) is 10.3 Å². The smallest absolute Gasteiger partial charge is 0.229 e. The van der Waals surface area contributed by atoms with Crippen LogP contribution in [0.5, 0.6) is 0 Å². The summed E-state index contributed by atoms with van der Waals surface area (Å²) >= 11 is 0. The van der Waals surface area contributed by atoms with E-state index in [4.69, 9.17) is 0 Å². The predicted octanol–water partition coefficient (Wildman–Crippen LogP) is 2.91. The van der Waals surface area contributed by atoms with Crippen molar-refractivity contribution in [3.05, 3.63) is 65.7 Å². The largest absolute Gasteiger partial charge is 0.338 e. The highest BCUT2D eigenvalue weighted by molar-refractivity contribution is 7.90. The molecule has 0 radical (unpaired) electrons. The lowest BCUT2D eigenvalue weighted by molar-refractivity contribution is -0.139. The molecule has 34 heavy (non-hydrogen) atoms. The fourth-order valence-electron chi connectivity index (χ4n) is 6.08. The molecule has 3 aliphatic rings. The number of carbonyl (C=O) groups excluding carboxylic acids is 1. The molecule has 2 atom stereocenters. The molecular formula is C27H35N3O3S. The van der Waals surface area contributed by atoms with E-state index in [0.717, 1.165) is 64.1 Å². The number of carbonyl (C=O) groups is 1. The van der Waals surface area contributed by atoms with Crippen molar-refractivity contribution in [2.45, 2.75) is 36.6 Å². The van der Waals surface area contributed by atoms with Crippen LogP contribution in [0.15, 0.2) is 59.5 Å². The van der Waals surface area contributed by atoms with Crippen molar-refractivity contribution in [3.8, 4) is 0 Å². The first kappa shape index (κ1) is 23.5. The van der Waals surface area contributed by atoms with E-state index in [1.54, 1.807) is 12.1 Å². The summed E-state index contributed by atoms with van der Waals surface area (Å²) in [6, 6.07) is 17.8. The normalized spacial score (nSPS) is 25.3. The fourth-order valence-corrected chi connectivity index (χ4v) is 6.71. The molecule has 3 saturated heterocycles. The Morgan fingerprint density at radius 2 is 1.62 bits per heavy atom. The summed E-state index contributed by atoms with van der Waals surface area (Å²) in [5, 5.41) is 3.59. The van der Waals surface area contributed by atoms with Gasteiger partial charge in [-0.25, -0.2) is 8.42 Å². The zero-order valence-electron chi connectivity index (χ0n) is 19.9. The molecule has 0 unspecified atom stereocenters. The molecule has 6 nitrogen and oxygen atoms in total. The molecule has 182 valence electrons. The summed E-state index contributed by atoms with van der Waals surface area (Å²) in [5.74, 6) is 1.46. The van der Waals surface area contributed by atoms with Crippen LogP contribution in [0.2, 0.25) is 0 Å². The van der Waals surface area contributed by atoms with E-state index in [9.17, 15) is 13.2 Å². The maximum Gasteiger partial charge on any atom is 0.229 e. The van der Waals surface area contributed by atoms with Crippen LogP contribution in [-0.2, 0) is 21.2 Å². The van der Waals surface area contributed by atoms with Crippen LogP contribution < -0.4 is 5.32 Å². The number of hydrogen-bond acceptors (Lipinski definition) is 5. The summed E-state index contributed by atoms with van der Waals surface area (Å²) in [5.41, 5.74) is 2.20. The Morgan fingerprint density at radius 3 is 2.29 bits per heavy atom. The maximum atomic E-state index is 13.4. The number of benzene rings is 2. The molecule has 3 fully saturated rings. The first-order chi connectivity index (χ1) is 16.3. The molecular weight excluding hydrogens is 446 g/mol. The lowest BCUT2D eigenvalue weighted by Crippen LogP contribution is -2.46. The van der Waals surface area contributed by atoms with Gasteiger partial charge in [0.1, 0.15) is 0 Å². The van der Waals surface area contributed by atoms with Crippen LogP contribution in [0.25, 0.3) is 0 Å². The van der Waals surface area contributed by atoms with Crippen LogP contribution >= 0.6 is 0 Å². The molecule has 0 saturated carbocycles. The van der Waals surface area contributed by atoms with Gasteiger partial charge >= 0.3 is 0 Å². The monoisotopic (exact) mass is 481 g/mol. The predicted molar refractivity (Wildman–Crippen MR) is 133 cm³/mol. The summed E-state index contributed by atoms with van der Waals surface area (Å²) in [4.78, 5) is 18.3. The summed E-state index contributed by atoms with van der Waals surface area (Å²) in [6.07, 6.45) is 4.02. The average molecular weight is 482 g/mol. The molecule has 0 bridgehead atoms. The van der Waals surface area contributed by atoms with Crippen molar-refractivity contribution in [2.24, 2.45) is 11.3 Å². The minimum Gasteiger partial charge on any atom is -0.338 e. The minimum atomic E-state index is -3.20. The molecule has 2 aromatic carbocycles. The van der Waals surface area contributed by atoms with Gasteiger partial charge in [0.2, 0.25) is 5.91 Å². The third-order valence-corrected chi connectivity index (χ3v) is 9.33. The summed E-state index contributed by atoms with van der Waals surface area (Å²) in [7, 11) is -3.20. The minimum absolute atomic E-state index is 0.212. The Kier molecular flexibility index (Phi) is 6.53. The van der Waals surface area contributed by atoms with Crippen molar-refractivity contribution >= 4 is 15.7 Å². The molecule has 2 aromatic rings. The molecule has 3 heterocycles. The second-order valence-electron chi connectivity index (χ2n) is 10.4. The van der Waals surface area contributed by atoms with Crippen LogP contribution in [0.1, 0.15) is 36.3 Å². The van der Waals surface area contributed by atoms with Crippen LogP contribution in [0.4, 0.5) is 0 Å². The summed E-state index contributed by atoms with van der Waals surface area (Å²) in [6.45, 7) is 6.52. The first-order valence-electron chi connectivity index (χ1n) is 12.4. The van der Waals surface area contributed by atoms with Crippen molar-refractivity contribution < 1.29 is 13.2 Å². The van der Waals surface area contributed by atoms with Crippen molar-refractivity contribution in [2.75, 3.05) is 45.5 Å². The highest BCUT2D eigenvalue weighted by Crippen LogP contribution is 2.42. The number of hydrogen-bond donors (Lipinski definition) is 1. The number of piperidine rings is 1. The quantitative estimate of drug-likeness (QED) is 0.687. The van der Waals surface area contributed by atoms with Crippen LogP contribution in [0, 0.1) is 11.3 Å². The van der Waals surface area contributed by atoms with Gasteiger partial charge in [0, 0.05) is 38.4 Å². The molecule has 3 aliphatic heterocycles. The van der Waals surface area contributed by atoms with Gasteiger partial charge in [-0.05, 0) is 68.1 Å². The Balaban J connectivity index is 1.16. The number of sulfone groups is 1. The highest BCUT2D eigenvalue weighted by Gasteiger charge is 2.48. The van der Waals surface area contributed by atoms with E-state index in [0.29, 0.717) is 23.3 Å². The number of likely N-dealkylation sites (tertiary alicyclic amines) is 2. The Labute approximate surface area is 203 Å². The van der Waals surface area contributed by atoms with Gasteiger partial charge in [0.25, 0.3) is 0 Å². The van der Waals surface area contributed by atoms with Gasteiger partial charge in [-0.1, -0.05) is 42.5 Å². The van der Waals surface area contributed by atoms with E-state index in [1.807, 2.05) is 17.0 Å². The van der Waals surface area contributed by atoms with Crippen LogP contribution in [0.3, 0.4) is 0 Å². The molecule has 5 rings (SSSR count). The summed E-state index contributed by atoms with van der Waals surface area (Å²) < 4.78 is 23.4. The molecule has 1 amide bonds. The second-order valence-corrected chi connectivity index (χ2v) is 12.4. The standard InChI is InChI=1S/C27H35N3O3S/c1-34(32,33)24-9-7-21(8-10-24)19-30-16-13-27(26(30)31)11-14-29(15-12-27)20-23-17-28-18-25(23)22-5-3-2-4-6-22/h2-10,23,25,28H,11-20H2,1H3/t23-,25+/m0/s1. The van der Waals surface area contributed by atoms with Crippen molar-refractivity contribution in [1.29, 1.82) is 0 Å². The van der Waals surface area contributed by atoms with Crippen LogP contribution in [-0.4, -0.2) is 69.6 Å². The van der Waals surface area contributed by atoms with Gasteiger partial charge in [-0.15, -0.1) is 0 Å². The Hall–Kier alpha value is -2.22. The molecule has 0 aromatic heterocycles. The number of rotatable bonds is 6. The number of amides is 1. The third-order valence-electron chi connectivity index (χ3n) is 8.20. The molecule has 7 heteroatoms. The van der Waals surface area contributed by atoms with E-state index in [-0.39, 0.29) is 11.3 Å². The zero-order valence-corrected chi connectivity index (χ0v) is 20.8. The SMILES string of the molecule is CS(=O)(=O)c1ccc(CN2CCC3(CCN(C[C@@H]4CNC[C@@H]4c4ccccc4)CC3)C2=O)cc1. The lowest BCUT2D eigenvalue weighted by Gasteiger charge is -2.39.